The van der Waals surface area contributed by atoms with Crippen LogP contribution in [0.3, 0.4) is 0 Å². The predicted octanol–water partition coefficient (Wildman–Crippen LogP) is 2.18. The number of nitrogens with two attached hydrogens (primary N) is 1. The molecule has 0 aliphatic heterocycles. The Morgan fingerprint density at radius 3 is 2.71 bits per heavy atom. The number of rotatable bonds is 5. The normalized spacial score (nSPS) is 11.4. The van der Waals surface area contributed by atoms with Crippen molar-refractivity contribution < 1.29 is 9.94 Å². The standard InChI is InChI=1S/C14H16N4O2S/c1-9-6-16-14(17-7-9)21-8-10-3-4-11(13(15)18-19)12(5-10)20-2/h3-7,19H,8H2,1-2H3,(H2,15,18). The molecule has 2 aromatic rings. The van der Waals surface area contributed by atoms with E-state index in [0.717, 1.165) is 16.3 Å². The molecule has 0 unspecified atom stereocenters. The van der Waals surface area contributed by atoms with E-state index in [1.54, 1.807) is 25.6 Å². The molecule has 0 saturated carbocycles. The van der Waals surface area contributed by atoms with Crippen LogP contribution in [0.25, 0.3) is 0 Å². The lowest BCUT2D eigenvalue weighted by Crippen LogP contribution is -2.14. The van der Waals surface area contributed by atoms with Crippen LogP contribution in [0.15, 0.2) is 40.9 Å². The molecule has 21 heavy (non-hydrogen) atoms. The van der Waals surface area contributed by atoms with Gasteiger partial charge in [-0.05, 0) is 30.2 Å². The Morgan fingerprint density at radius 2 is 2.10 bits per heavy atom. The van der Waals surface area contributed by atoms with Crippen molar-refractivity contribution in [1.82, 2.24) is 9.97 Å². The fraction of sp³-hybridized carbons (Fsp3) is 0.214. The molecule has 0 aliphatic carbocycles. The van der Waals surface area contributed by atoms with Gasteiger partial charge in [-0.25, -0.2) is 9.97 Å². The Bertz CT molecular complexity index is 644. The molecule has 7 heteroatoms. The molecule has 1 aromatic carbocycles. The summed E-state index contributed by atoms with van der Waals surface area (Å²) in [4.78, 5) is 8.49. The second-order valence-electron chi connectivity index (χ2n) is 4.35. The highest BCUT2D eigenvalue weighted by molar-refractivity contribution is 7.98. The SMILES string of the molecule is COc1cc(CSc2ncc(C)cn2)ccc1/C(N)=N/O. The van der Waals surface area contributed by atoms with Gasteiger partial charge in [-0.3, -0.25) is 0 Å². The van der Waals surface area contributed by atoms with Crippen LogP contribution in [0.5, 0.6) is 5.75 Å². The van der Waals surface area contributed by atoms with Crippen LogP contribution in [0.2, 0.25) is 0 Å². The number of aromatic nitrogens is 2. The zero-order chi connectivity index (χ0) is 15.2. The van der Waals surface area contributed by atoms with Crippen LogP contribution in [0.1, 0.15) is 16.7 Å². The minimum Gasteiger partial charge on any atom is -0.496 e. The maximum Gasteiger partial charge on any atom is 0.187 e. The molecule has 0 spiro atoms. The molecule has 1 aromatic heterocycles. The Morgan fingerprint density at radius 1 is 1.38 bits per heavy atom. The molecular weight excluding hydrogens is 288 g/mol. The van der Waals surface area contributed by atoms with E-state index in [4.69, 9.17) is 15.7 Å². The Kier molecular flexibility index (Phi) is 4.99. The topological polar surface area (TPSA) is 93.6 Å². The van der Waals surface area contributed by atoms with Gasteiger partial charge in [0.15, 0.2) is 11.0 Å². The number of hydrogen-bond donors (Lipinski definition) is 2. The number of benzene rings is 1. The summed E-state index contributed by atoms with van der Waals surface area (Å²) in [5.41, 5.74) is 8.22. The molecule has 0 atom stereocenters. The summed E-state index contributed by atoms with van der Waals surface area (Å²) < 4.78 is 5.26. The first kappa shape index (κ1) is 15.1. The molecule has 110 valence electrons. The van der Waals surface area contributed by atoms with Crippen molar-refractivity contribution in [1.29, 1.82) is 0 Å². The van der Waals surface area contributed by atoms with Crippen molar-refractivity contribution in [2.75, 3.05) is 7.11 Å². The van der Waals surface area contributed by atoms with Crippen LogP contribution in [-0.4, -0.2) is 28.1 Å². The number of ether oxygens (including phenoxy) is 1. The van der Waals surface area contributed by atoms with Gasteiger partial charge in [0.1, 0.15) is 5.75 Å². The third-order valence-electron chi connectivity index (χ3n) is 2.77. The van der Waals surface area contributed by atoms with Crippen LogP contribution in [0, 0.1) is 6.92 Å². The van der Waals surface area contributed by atoms with Crippen molar-refractivity contribution in [2.24, 2.45) is 10.9 Å². The number of thioether (sulfide) groups is 1. The Hall–Kier alpha value is -2.28. The monoisotopic (exact) mass is 304 g/mol. The second-order valence-corrected chi connectivity index (χ2v) is 5.29. The largest absolute Gasteiger partial charge is 0.496 e. The molecule has 0 saturated heterocycles. The fourth-order valence-electron chi connectivity index (χ4n) is 1.69. The van der Waals surface area contributed by atoms with Gasteiger partial charge in [0.05, 0.1) is 12.7 Å². The first-order chi connectivity index (χ1) is 10.1. The quantitative estimate of drug-likeness (QED) is 0.220. The van der Waals surface area contributed by atoms with Gasteiger partial charge in [-0.2, -0.15) is 0 Å². The average molecular weight is 304 g/mol. The van der Waals surface area contributed by atoms with E-state index in [-0.39, 0.29) is 5.84 Å². The van der Waals surface area contributed by atoms with Gasteiger partial charge in [0, 0.05) is 18.1 Å². The number of aryl methyl sites for hydroxylation is 1. The van der Waals surface area contributed by atoms with Gasteiger partial charge in [-0.1, -0.05) is 23.0 Å². The molecule has 2 rings (SSSR count). The predicted molar refractivity (Wildman–Crippen MR) is 81.8 cm³/mol. The molecule has 0 bridgehead atoms. The summed E-state index contributed by atoms with van der Waals surface area (Å²) in [6.07, 6.45) is 3.58. The third kappa shape index (κ3) is 3.85. The maximum absolute atomic E-state index is 8.74. The van der Waals surface area contributed by atoms with Gasteiger partial charge < -0.3 is 15.7 Å². The molecule has 0 fully saturated rings. The maximum atomic E-state index is 8.74. The molecule has 0 aliphatic rings. The lowest BCUT2D eigenvalue weighted by Gasteiger charge is -2.09. The zero-order valence-corrected chi connectivity index (χ0v) is 12.6. The highest BCUT2D eigenvalue weighted by atomic mass is 32.2. The van der Waals surface area contributed by atoms with Gasteiger partial charge >= 0.3 is 0 Å². The lowest BCUT2D eigenvalue weighted by molar-refractivity contribution is 0.318. The van der Waals surface area contributed by atoms with Crippen LogP contribution in [-0.2, 0) is 5.75 Å². The average Bonchev–Trinajstić information content (AvgIpc) is 2.53. The van der Waals surface area contributed by atoms with E-state index in [1.807, 2.05) is 19.1 Å². The number of nitrogens with zero attached hydrogens (tertiary/aromatic N) is 3. The van der Waals surface area contributed by atoms with Gasteiger partial charge in [0.2, 0.25) is 0 Å². The van der Waals surface area contributed by atoms with E-state index >= 15 is 0 Å². The zero-order valence-electron chi connectivity index (χ0n) is 11.8. The molecule has 0 radical (unpaired) electrons. The lowest BCUT2D eigenvalue weighted by atomic mass is 10.1. The second kappa shape index (κ2) is 6.94. The minimum absolute atomic E-state index is 0.0212. The van der Waals surface area contributed by atoms with E-state index in [2.05, 4.69) is 15.1 Å². The summed E-state index contributed by atoms with van der Waals surface area (Å²) in [6, 6.07) is 5.52. The molecule has 1 heterocycles. The number of methoxy groups -OCH3 is 1. The number of hydrogen-bond acceptors (Lipinski definition) is 6. The first-order valence-corrected chi connectivity index (χ1v) is 7.19. The molecular formula is C14H16N4O2S. The van der Waals surface area contributed by atoms with Crippen molar-refractivity contribution >= 4 is 17.6 Å². The summed E-state index contributed by atoms with van der Waals surface area (Å²) in [5, 5.41) is 12.4. The van der Waals surface area contributed by atoms with Crippen molar-refractivity contribution in [3.8, 4) is 5.75 Å². The van der Waals surface area contributed by atoms with Crippen LogP contribution >= 0.6 is 11.8 Å². The van der Waals surface area contributed by atoms with Crippen LogP contribution in [0.4, 0.5) is 0 Å². The number of oxime groups is 1. The summed E-state index contributed by atoms with van der Waals surface area (Å²) >= 11 is 1.53. The first-order valence-electron chi connectivity index (χ1n) is 6.20. The summed E-state index contributed by atoms with van der Waals surface area (Å²) in [6.45, 7) is 1.95. The summed E-state index contributed by atoms with van der Waals surface area (Å²) in [7, 11) is 1.55. The van der Waals surface area contributed by atoms with E-state index < -0.39 is 0 Å². The highest BCUT2D eigenvalue weighted by Crippen LogP contribution is 2.25. The van der Waals surface area contributed by atoms with Crippen molar-refractivity contribution in [2.45, 2.75) is 17.8 Å². The van der Waals surface area contributed by atoms with Crippen molar-refractivity contribution in [3.63, 3.8) is 0 Å². The molecule has 3 N–H and O–H groups in total. The Balaban J connectivity index is 2.12. The van der Waals surface area contributed by atoms with Crippen LogP contribution < -0.4 is 10.5 Å². The third-order valence-corrected chi connectivity index (χ3v) is 3.72. The smallest absolute Gasteiger partial charge is 0.187 e. The fourth-order valence-corrected chi connectivity index (χ4v) is 2.42. The summed E-state index contributed by atoms with van der Waals surface area (Å²) in [5.74, 6) is 1.29. The number of amidine groups is 1. The van der Waals surface area contributed by atoms with Gasteiger partial charge in [-0.15, -0.1) is 0 Å². The highest BCUT2D eigenvalue weighted by Gasteiger charge is 2.09. The van der Waals surface area contributed by atoms with E-state index in [0.29, 0.717) is 17.1 Å². The van der Waals surface area contributed by atoms with E-state index in [9.17, 15) is 0 Å². The molecule has 6 nitrogen and oxygen atoms in total. The molecule has 0 amide bonds. The minimum atomic E-state index is 0.0212. The van der Waals surface area contributed by atoms with E-state index in [1.165, 1.54) is 11.8 Å². The Labute approximate surface area is 127 Å². The van der Waals surface area contributed by atoms with Crippen molar-refractivity contribution in [3.05, 3.63) is 47.3 Å². The van der Waals surface area contributed by atoms with Gasteiger partial charge in [0.25, 0.3) is 0 Å².